The van der Waals surface area contributed by atoms with Crippen molar-refractivity contribution in [2.24, 2.45) is 0 Å². The van der Waals surface area contributed by atoms with Gasteiger partial charge in [-0.25, -0.2) is 0 Å². The molecule has 0 amide bonds. The van der Waals surface area contributed by atoms with E-state index in [1.165, 1.54) is 0 Å². The zero-order valence-corrected chi connectivity index (χ0v) is 27.2. The van der Waals surface area contributed by atoms with Gasteiger partial charge >= 0.3 is 0 Å². The Morgan fingerprint density at radius 1 is 0.500 bits per heavy atom. The summed E-state index contributed by atoms with van der Waals surface area (Å²) in [5, 5.41) is 22.7. The van der Waals surface area contributed by atoms with Gasteiger partial charge in [-0.15, -0.1) is 0 Å². The molecule has 0 radical (unpaired) electrons. The highest BCUT2D eigenvalue weighted by molar-refractivity contribution is 5.58. The first-order chi connectivity index (χ1) is 23.4. The first-order valence-electron chi connectivity index (χ1n) is 15.6. The van der Waals surface area contributed by atoms with E-state index in [-0.39, 0.29) is 25.1 Å². The maximum Gasteiger partial charge on any atom is 0.231 e. The van der Waals surface area contributed by atoms with Gasteiger partial charge in [0.2, 0.25) is 13.6 Å². The van der Waals surface area contributed by atoms with E-state index < -0.39 is 12.1 Å². The molecule has 0 spiro atoms. The number of hydrogen-bond donors (Lipinski definition) is 2. The van der Waals surface area contributed by atoms with E-state index in [0.717, 1.165) is 11.1 Å². The highest BCUT2D eigenvalue weighted by Crippen LogP contribution is 2.48. The molecule has 0 unspecified atom stereocenters. The standard InChI is InChI=1S/C36H38N2O10/c1-41-21-5-7-23(29(13-21)43-3)35(25-15-31-33(17-27(25)39)47-19-45-31)37-9-11-38(12-10-37)36(24-8-6-22(42-2)14-30(24)44-4)26-16-32-34(18-28(26)40)48-20-46-32/h5-8,13-18,35-36,39-40H,9-12,19-20H2,1-4H3/t35-,36-/m1/s1. The molecular formula is C36H38N2O10. The van der Waals surface area contributed by atoms with E-state index in [1.807, 2.05) is 48.5 Å². The Hall–Kier alpha value is -5.20. The van der Waals surface area contributed by atoms with Gasteiger partial charge in [0.15, 0.2) is 23.0 Å². The first-order valence-corrected chi connectivity index (χ1v) is 15.6. The summed E-state index contributed by atoms with van der Waals surface area (Å²) in [5.74, 6) is 4.92. The number of rotatable bonds is 10. The lowest BCUT2D eigenvalue weighted by molar-refractivity contribution is 0.0867. The molecule has 7 rings (SSSR count). The fourth-order valence-corrected chi connectivity index (χ4v) is 6.80. The Balaban J connectivity index is 1.27. The van der Waals surface area contributed by atoms with Crippen molar-refractivity contribution in [3.63, 3.8) is 0 Å². The molecule has 3 heterocycles. The van der Waals surface area contributed by atoms with Crippen LogP contribution < -0.4 is 37.9 Å². The first kappa shape index (κ1) is 31.4. The number of nitrogens with zero attached hydrogens (tertiary/aromatic N) is 2. The number of phenols is 2. The molecule has 0 aliphatic carbocycles. The van der Waals surface area contributed by atoms with Gasteiger partial charge in [0, 0.05) is 72.7 Å². The second-order valence-corrected chi connectivity index (χ2v) is 11.6. The zero-order chi connectivity index (χ0) is 33.4. The molecule has 0 saturated carbocycles. The lowest BCUT2D eigenvalue weighted by atomic mass is 9.92. The van der Waals surface area contributed by atoms with Gasteiger partial charge in [-0.1, -0.05) is 0 Å². The van der Waals surface area contributed by atoms with Crippen LogP contribution in [0.15, 0.2) is 60.7 Å². The summed E-state index contributed by atoms with van der Waals surface area (Å²) in [6, 6.07) is 17.5. The zero-order valence-electron chi connectivity index (χ0n) is 27.2. The number of benzene rings is 4. The van der Waals surface area contributed by atoms with Crippen LogP contribution in [-0.2, 0) is 0 Å². The smallest absolute Gasteiger partial charge is 0.231 e. The summed E-state index contributed by atoms with van der Waals surface area (Å²) in [4.78, 5) is 4.61. The highest BCUT2D eigenvalue weighted by Gasteiger charge is 2.36. The topological polar surface area (TPSA) is 121 Å². The van der Waals surface area contributed by atoms with Crippen LogP contribution in [-0.4, -0.2) is 88.2 Å². The molecule has 12 nitrogen and oxygen atoms in total. The quantitative estimate of drug-likeness (QED) is 0.236. The molecular weight excluding hydrogens is 620 g/mol. The Labute approximate surface area is 278 Å². The van der Waals surface area contributed by atoms with Gasteiger partial charge in [-0.05, 0) is 36.4 Å². The predicted molar refractivity (Wildman–Crippen MR) is 174 cm³/mol. The number of fused-ring (bicyclic) bond motifs is 2. The number of hydrogen-bond acceptors (Lipinski definition) is 12. The lowest BCUT2D eigenvalue weighted by Crippen LogP contribution is -2.49. The fraction of sp³-hybridized carbons (Fsp3) is 0.333. The van der Waals surface area contributed by atoms with E-state index in [1.54, 1.807) is 40.6 Å². The van der Waals surface area contributed by atoms with E-state index >= 15 is 0 Å². The van der Waals surface area contributed by atoms with Crippen molar-refractivity contribution in [1.29, 1.82) is 0 Å². The number of piperazine rings is 1. The Morgan fingerprint density at radius 2 is 0.875 bits per heavy atom. The van der Waals surface area contributed by atoms with Crippen LogP contribution >= 0.6 is 0 Å². The monoisotopic (exact) mass is 658 g/mol. The molecule has 3 aliphatic heterocycles. The molecule has 12 heteroatoms. The fourth-order valence-electron chi connectivity index (χ4n) is 6.80. The van der Waals surface area contributed by atoms with Gasteiger partial charge < -0.3 is 48.1 Å². The molecule has 2 atom stereocenters. The Morgan fingerprint density at radius 3 is 1.23 bits per heavy atom. The summed E-state index contributed by atoms with van der Waals surface area (Å²) < 4.78 is 45.2. The molecule has 3 aliphatic rings. The molecule has 48 heavy (non-hydrogen) atoms. The van der Waals surface area contributed by atoms with Crippen LogP contribution in [0.25, 0.3) is 0 Å². The van der Waals surface area contributed by atoms with Crippen molar-refractivity contribution in [2.75, 3.05) is 68.2 Å². The average molecular weight is 659 g/mol. The van der Waals surface area contributed by atoms with Crippen molar-refractivity contribution >= 4 is 0 Å². The van der Waals surface area contributed by atoms with E-state index in [9.17, 15) is 10.2 Å². The lowest BCUT2D eigenvalue weighted by Gasteiger charge is -2.43. The Kier molecular flexibility index (Phi) is 8.59. The maximum absolute atomic E-state index is 11.3. The minimum Gasteiger partial charge on any atom is -0.507 e. The number of phenolic OH excluding ortho intramolecular Hbond substituents is 2. The molecule has 4 aromatic carbocycles. The van der Waals surface area contributed by atoms with Crippen LogP contribution in [0.2, 0.25) is 0 Å². The third-order valence-corrected chi connectivity index (χ3v) is 9.18. The summed E-state index contributed by atoms with van der Waals surface area (Å²) in [6.07, 6.45) is 0. The molecule has 4 aromatic rings. The molecule has 2 N–H and O–H groups in total. The highest BCUT2D eigenvalue weighted by atomic mass is 16.7. The van der Waals surface area contributed by atoms with Crippen molar-refractivity contribution in [3.05, 3.63) is 82.9 Å². The van der Waals surface area contributed by atoms with Crippen molar-refractivity contribution in [3.8, 4) is 57.5 Å². The summed E-state index contributed by atoms with van der Waals surface area (Å²) >= 11 is 0. The van der Waals surface area contributed by atoms with Gasteiger partial charge in [0.25, 0.3) is 0 Å². The third-order valence-electron chi connectivity index (χ3n) is 9.18. The summed E-state index contributed by atoms with van der Waals surface area (Å²) in [6.45, 7) is 2.61. The van der Waals surface area contributed by atoms with Crippen molar-refractivity contribution in [2.45, 2.75) is 12.1 Å². The molecule has 0 aromatic heterocycles. The van der Waals surface area contributed by atoms with Gasteiger partial charge in [0.1, 0.15) is 34.5 Å². The van der Waals surface area contributed by atoms with Crippen LogP contribution in [0.4, 0.5) is 0 Å². The third kappa shape index (κ3) is 5.67. The summed E-state index contributed by atoms with van der Waals surface area (Å²) in [5.41, 5.74) is 3.06. The van der Waals surface area contributed by atoms with Crippen LogP contribution in [0, 0.1) is 0 Å². The minimum atomic E-state index is -0.393. The number of ether oxygens (including phenoxy) is 8. The average Bonchev–Trinajstić information content (AvgIpc) is 3.78. The van der Waals surface area contributed by atoms with Crippen molar-refractivity contribution < 1.29 is 48.1 Å². The van der Waals surface area contributed by atoms with Gasteiger partial charge in [0.05, 0.1) is 40.5 Å². The minimum absolute atomic E-state index is 0.0932. The molecule has 252 valence electrons. The van der Waals surface area contributed by atoms with Crippen molar-refractivity contribution in [1.82, 2.24) is 9.80 Å². The van der Waals surface area contributed by atoms with E-state index in [0.29, 0.717) is 83.3 Å². The number of aromatic hydroxyl groups is 2. The van der Waals surface area contributed by atoms with Crippen LogP contribution in [0.5, 0.6) is 57.5 Å². The molecule has 1 fully saturated rings. The van der Waals surface area contributed by atoms with Gasteiger partial charge in [-0.3, -0.25) is 9.80 Å². The SMILES string of the molecule is COc1ccc([C@H](c2cc3c(cc2O)OCO3)N2CCN([C@@H](c3cc4c(cc3O)OCO4)c3ccc(OC)cc3OC)CC2)c(OC)c1. The predicted octanol–water partition coefficient (Wildman–Crippen LogP) is 5.09. The maximum atomic E-state index is 11.3. The Bertz CT molecular complexity index is 1680. The number of methoxy groups -OCH3 is 4. The second kappa shape index (κ2) is 13.1. The normalized spacial score (nSPS) is 16.8. The molecule has 0 bridgehead atoms. The summed E-state index contributed by atoms with van der Waals surface area (Å²) in [7, 11) is 6.47. The van der Waals surface area contributed by atoms with Crippen LogP contribution in [0.1, 0.15) is 34.3 Å². The second-order valence-electron chi connectivity index (χ2n) is 11.6. The van der Waals surface area contributed by atoms with Crippen LogP contribution in [0.3, 0.4) is 0 Å². The van der Waals surface area contributed by atoms with E-state index in [2.05, 4.69) is 9.80 Å². The largest absolute Gasteiger partial charge is 0.507 e. The molecule has 1 saturated heterocycles. The van der Waals surface area contributed by atoms with Gasteiger partial charge in [-0.2, -0.15) is 0 Å². The van der Waals surface area contributed by atoms with E-state index in [4.69, 9.17) is 37.9 Å².